The summed E-state index contributed by atoms with van der Waals surface area (Å²) in [6.45, 7) is 7.91. The van der Waals surface area contributed by atoms with Crippen LogP contribution in [0.25, 0.3) is 0 Å². The topological polar surface area (TPSA) is 56.1 Å². The van der Waals surface area contributed by atoms with Crippen LogP contribution in [0.15, 0.2) is 0 Å². The number of nitrogens with zero attached hydrogens (tertiary/aromatic N) is 2. The molecule has 1 rings (SSSR count). The summed E-state index contributed by atoms with van der Waals surface area (Å²) in [5, 5.41) is 11.6. The molecule has 1 fully saturated rings. The summed E-state index contributed by atoms with van der Waals surface area (Å²) in [4.78, 5) is 13.8. The summed E-state index contributed by atoms with van der Waals surface area (Å²) in [7, 11) is 0. The van der Waals surface area contributed by atoms with Crippen molar-refractivity contribution in [2.45, 2.75) is 39.3 Å². The molecule has 4 heteroatoms. The zero-order valence-corrected chi connectivity index (χ0v) is 9.66. The largest absolute Gasteiger partial charge is 0.353 e. The van der Waals surface area contributed by atoms with E-state index in [4.69, 9.17) is 5.26 Å². The molecule has 0 aromatic heterocycles. The van der Waals surface area contributed by atoms with E-state index in [1.807, 2.05) is 0 Å². The summed E-state index contributed by atoms with van der Waals surface area (Å²) in [6.07, 6.45) is 0.281. The van der Waals surface area contributed by atoms with Gasteiger partial charge in [-0.25, -0.2) is 0 Å². The van der Waals surface area contributed by atoms with E-state index in [9.17, 15) is 4.79 Å². The van der Waals surface area contributed by atoms with E-state index in [0.29, 0.717) is 18.5 Å². The maximum Gasteiger partial charge on any atom is 0.238 e. The van der Waals surface area contributed by atoms with Crippen molar-refractivity contribution in [2.75, 3.05) is 13.1 Å². The van der Waals surface area contributed by atoms with Crippen LogP contribution in [-0.2, 0) is 4.79 Å². The van der Waals surface area contributed by atoms with E-state index in [1.165, 1.54) is 0 Å². The van der Waals surface area contributed by atoms with Crippen LogP contribution in [-0.4, -0.2) is 36.0 Å². The van der Waals surface area contributed by atoms with Crippen LogP contribution in [0.4, 0.5) is 0 Å². The van der Waals surface area contributed by atoms with Crippen LogP contribution in [0.3, 0.4) is 0 Å². The van der Waals surface area contributed by atoms with Gasteiger partial charge in [-0.15, -0.1) is 0 Å². The first-order valence-electron chi connectivity index (χ1n) is 5.46. The standard InChI is InChI=1S/C11H19N3O/c1-8(2)7-14-9(3)6-13-11(15)10(14)4-5-12/h8-10H,4,6-7H2,1-3H3,(H,13,15). The zero-order chi connectivity index (χ0) is 11.4. The number of hydrogen-bond donors (Lipinski definition) is 1. The van der Waals surface area contributed by atoms with E-state index in [1.54, 1.807) is 0 Å². The zero-order valence-electron chi connectivity index (χ0n) is 9.66. The van der Waals surface area contributed by atoms with Gasteiger partial charge in [-0.2, -0.15) is 5.26 Å². The van der Waals surface area contributed by atoms with E-state index < -0.39 is 0 Å². The molecule has 1 aliphatic rings. The Labute approximate surface area is 91.2 Å². The smallest absolute Gasteiger partial charge is 0.238 e. The monoisotopic (exact) mass is 209 g/mol. The Morgan fingerprint density at radius 3 is 2.87 bits per heavy atom. The third kappa shape index (κ3) is 2.93. The van der Waals surface area contributed by atoms with Crippen molar-refractivity contribution >= 4 is 5.91 Å². The predicted octanol–water partition coefficient (Wildman–Crippen LogP) is 0.745. The predicted molar refractivity (Wildman–Crippen MR) is 58.0 cm³/mol. The van der Waals surface area contributed by atoms with Gasteiger partial charge < -0.3 is 5.32 Å². The highest BCUT2D eigenvalue weighted by Gasteiger charge is 2.33. The van der Waals surface area contributed by atoms with Gasteiger partial charge in [0.25, 0.3) is 0 Å². The van der Waals surface area contributed by atoms with Crippen molar-refractivity contribution in [1.82, 2.24) is 10.2 Å². The Morgan fingerprint density at radius 1 is 1.67 bits per heavy atom. The van der Waals surface area contributed by atoms with Crippen molar-refractivity contribution < 1.29 is 4.79 Å². The van der Waals surface area contributed by atoms with E-state index in [0.717, 1.165) is 6.54 Å². The van der Waals surface area contributed by atoms with Gasteiger partial charge in [0.05, 0.1) is 12.5 Å². The fourth-order valence-electron chi connectivity index (χ4n) is 1.97. The molecule has 2 unspecified atom stereocenters. The van der Waals surface area contributed by atoms with Crippen LogP contribution in [0, 0.1) is 17.2 Å². The summed E-state index contributed by atoms with van der Waals surface area (Å²) in [6, 6.07) is 2.15. The summed E-state index contributed by atoms with van der Waals surface area (Å²) < 4.78 is 0. The molecule has 0 aromatic carbocycles. The lowest BCUT2D eigenvalue weighted by Gasteiger charge is -2.40. The van der Waals surface area contributed by atoms with Gasteiger partial charge in [0.15, 0.2) is 0 Å². The number of carbonyl (C=O) groups is 1. The molecule has 0 radical (unpaired) electrons. The molecule has 0 bridgehead atoms. The minimum atomic E-state index is -0.263. The number of amides is 1. The van der Waals surface area contributed by atoms with Crippen molar-refractivity contribution in [1.29, 1.82) is 5.26 Å². The summed E-state index contributed by atoms with van der Waals surface area (Å²) in [5.74, 6) is 0.509. The number of hydrogen-bond acceptors (Lipinski definition) is 3. The van der Waals surface area contributed by atoms with E-state index in [2.05, 4.69) is 37.1 Å². The Kier molecular flexibility index (Phi) is 4.10. The molecular weight excluding hydrogens is 190 g/mol. The van der Waals surface area contributed by atoms with Gasteiger partial charge in [-0.1, -0.05) is 13.8 Å². The minimum Gasteiger partial charge on any atom is -0.353 e. The highest BCUT2D eigenvalue weighted by molar-refractivity contribution is 5.82. The van der Waals surface area contributed by atoms with Gasteiger partial charge >= 0.3 is 0 Å². The first-order valence-corrected chi connectivity index (χ1v) is 5.46. The molecule has 1 saturated heterocycles. The van der Waals surface area contributed by atoms with Crippen molar-refractivity contribution in [3.63, 3.8) is 0 Å². The average Bonchev–Trinajstić information content (AvgIpc) is 2.17. The number of carbonyl (C=O) groups excluding carboxylic acids is 1. The fraction of sp³-hybridized carbons (Fsp3) is 0.818. The number of nitrogens with one attached hydrogen (secondary N) is 1. The molecule has 15 heavy (non-hydrogen) atoms. The normalized spacial score (nSPS) is 27.5. The van der Waals surface area contributed by atoms with Crippen molar-refractivity contribution in [3.8, 4) is 6.07 Å². The van der Waals surface area contributed by atoms with Crippen LogP contribution >= 0.6 is 0 Å². The van der Waals surface area contributed by atoms with Crippen LogP contribution in [0.1, 0.15) is 27.2 Å². The lowest BCUT2D eigenvalue weighted by Crippen LogP contribution is -2.60. The van der Waals surface area contributed by atoms with E-state index in [-0.39, 0.29) is 18.4 Å². The van der Waals surface area contributed by atoms with Gasteiger partial charge in [0.2, 0.25) is 5.91 Å². The second kappa shape index (κ2) is 5.13. The third-order valence-electron chi connectivity index (χ3n) is 2.70. The SMILES string of the molecule is CC(C)CN1C(C)CNC(=O)C1CC#N. The van der Waals surface area contributed by atoms with Crippen molar-refractivity contribution in [2.24, 2.45) is 5.92 Å². The molecular formula is C11H19N3O. The lowest BCUT2D eigenvalue weighted by molar-refractivity contribution is -0.130. The Hall–Kier alpha value is -1.08. The van der Waals surface area contributed by atoms with Crippen LogP contribution in [0.2, 0.25) is 0 Å². The number of nitriles is 1. The molecule has 0 aliphatic carbocycles. The first-order chi connectivity index (χ1) is 7.06. The molecule has 4 nitrogen and oxygen atoms in total. The van der Waals surface area contributed by atoms with Gasteiger partial charge in [-0.3, -0.25) is 9.69 Å². The second-order valence-electron chi connectivity index (χ2n) is 4.56. The van der Waals surface area contributed by atoms with E-state index >= 15 is 0 Å². The minimum absolute atomic E-state index is 0.00435. The summed E-state index contributed by atoms with van der Waals surface area (Å²) in [5.41, 5.74) is 0. The van der Waals surface area contributed by atoms with Gasteiger partial charge in [0.1, 0.15) is 6.04 Å². The number of rotatable bonds is 3. The molecule has 0 saturated carbocycles. The molecule has 84 valence electrons. The molecule has 0 aromatic rings. The molecule has 1 aliphatic heterocycles. The Balaban J connectivity index is 2.74. The lowest BCUT2D eigenvalue weighted by atomic mass is 10.0. The third-order valence-corrected chi connectivity index (χ3v) is 2.70. The highest BCUT2D eigenvalue weighted by Crippen LogP contribution is 2.15. The molecule has 2 atom stereocenters. The maximum absolute atomic E-state index is 11.6. The number of piperazine rings is 1. The quantitative estimate of drug-likeness (QED) is 0.746. The Morgan fingerprint density at radius 2 is 2.33 bits per heavy atom. The average molecular weight is 209 g/mol. The first kappa shape index (κ1) is 12.0. The summed E-state index contributed by atoms with van der Waals surface area (Å²) >= 11 is 0. The highest BCUT2D eigenvalue weighted by atomic mass is 16.2. The molecule has 1 amide bonds. The molecule has 1 heterocycles. The van der Waals surface area contributed by atoms with Crippen LogP contribution < -0.4 is 5.32 Å². The fourth-order valence-corrected chi connectivity index (χ4v) is 1.97. The molecule has 1 N–H and O–H groups in total. The molecule has 0 spiro atoms. The maximum atomic E-state index is 11.6. The van der Waals surface area contributed by atoms with Crippen LogP contribution in [0.5, 0.6) is 0 Å². The van der Waals surface area contributed by atoms with Crippen molar-refractivity contribution in [3.05, 3.63) is 0 Å². The Bertz CT molecular complexity index is 269. The van der Waals surface area contributed by atoms with Gasteiger partial charge in [0, 0.05) is 19.1 Å². The van der Waals surface area contributed by atoms with Gasteiger partial charge in [-0.05, 0) is 12.8 Å². The second-order valence-corrected chi connectivity index (χ2v) is 4.56.